The molecule has 0 atom stereocenters. The number of aryl methyl sites for hydroxylation is 2. The molecule has 0 spiro atoms. The second kappa shape index (κ2) is 4.58. The molecule has 17 heavy (non-hydrogen) atoms. The molecule has 3 nitrogen and oxygen atoms in total. The number of aromatic nitrogens is 1. The van der Waals surface area contributed by atoms with Gasteiger partial charge in [0.1, 0.15) is 9.88 Å². The van der Waals surface area contributed by atoms with Gasteiger partial charge in [-0.25, -0.2) is 4.98 Å². The highest BCUT2D eigenvalue weighted by atomic mass is 79.9. The van der Waals surface area contributed by atoms with E-state index in [1.165, 1.54) is 11.3 Å². The summed E-state index contributed by atoms with van der Waals surface area (Å²) in [7, 11) is 0. The van der Waals surface area contributed by atoms with Gasteiger partial charge in [0.25, 0.3) is 5.91 Å². The van der Waals surface area contributed by atoms with E-state index in [2.05, 4.69) is 20.9 Å². The monoisotopic (exact) mass is 310 g/mol. The van der Waals surface area contributed by atoms with E-state index in [-0.39, 0.29) is 0 Å². The number of nitrogens with zero attached hydrogens (tertiary/aromatic N) is 1. The molecule has 0 saturated carbocycles. The first-order valence-electron chi connectivity index (χ1n) is 5.03. The summed E-state index contributed by atoms with van der Waals surface area (Å²) in [5.41, 5.74) is 8.14. The molecule has 1 heterocycles. The second-order valence-electron chi connectivity index (χ2n) is 3.76. The Morgan fingerprint density at radius 3 is 2.71 bits per heavy atom. The first-order valence-corrected chi connectivity index (χ1v) is 6.63. The van der Waals surface area contributed by atoms with E-state index < -0.39 is 5.91 Å². The first-order chi connectivity index (χ1) is 7.99. The molecule has 0 saturated heterocycles. The van der Waals surface area contributed by atoms with Crippen molar-refractivity contribution in [1.82, 2.24) is 4.98 Å². The van der Waals surface area contributed by atoms with E-state index >= 15 is 0 Å². The molecule has 88 valence electrons. The van der Waals surface area contributed by atoms with Gasteiger partial charge in [-0.05, 0) is 31.5 Å². The summed E-state index contributed by atoms with van der Waals surface area (Å²) in [5, 5.41) is 0.829. The van der Waals surface area contributed by atoms with Gasteiger partial charge >= 0.3 is 0 Å². The normalized spacial score (nSPS) is 10.5. The van der Waals surface area contributed by atoms with E-state index in [4.69, 9.17) is 5.73 Å². The summed E-state index contributed by atoms with van der Waals surface area (Å²) >= 11 is 4.77. The van der Waals surface area contributed by atoms with Gasteiger partial charge < -0.3 is 5.73 Å². The zero-order valence-electron chi connectivity index (χ0n) is 9.45. The zero-order chi connectivity index (χ0) is 12.6. The van der Waals surface area contributed by atoms with Crippen LogP contribution in [0.15, 0.2) is 22.7 Å². The third-order valence-corrected chi connectivity index (χ3v) is 4.15. The highest BCUT2D eigenvalue weighted by molar-refractivity contribution is 9.10. The van der Waals surface area contributed by atoms with Gasteiger partial charge in [0.2, 0.25) is 0 Å². The molecule has 1 amide bonds. The van der Waals surface area contributed by atoms with Gasteiger partial charge in [-0.2, -0.15) is 0 Å². The number of carbonyl (C=O) groups is 1. The smallest absolute Gasteiger partial charge is 0.260 e. The van der Waals surface area contributed by atoms with Crippen LogP contribution in [0.25, 0.3) is 10.6 Å². The van der Waals surface area contributed by atoms with Crippen LogP contribution in [-0.2, 0) is 0 Å². The predicted molar refractivity (Wildman–Crippen MR) is 73.2 cm³/mol. The lowest BCUT2D eigenvalue weighted by Gasteiger charge is -2.02. The van der Waals surface area contributed by atoms with Crippen molar-refractivity contribution < 1.29 is 4.79 Å². The average Bonchev–Trinajstić information content (AvgIpc) is 2.64. The number of thiazole rings is 1. The summed E-state index contributed by atoms with van der Waals surface area (Å²) in [4.78, 5) is 16.1. The van der Waals surface area contributed by atoms with Crippen molar-refractivity contribution in [2.24, 2.45) is 5.73 Å². The number of carbonyl (C=O) groups excluding carboxylic acids is 1. The SMILES string of the molecule is Cc1ccc(Br)cc1-c1nc(C)c(C(N)=O)s1. The maximum Gasteiger partial charge on any atom is 0.260 e. The lowest BCUT2D eigenvalue weighted by molar-refractivity contribution is 0.100. The van der Waals surface area contributed by atoms with Crippen LogP contribution in [-0.4, -0.2) is 10.9 Å². The van der Waals surface area contributed by atoms with E-state index in [9.17, 15) is 4.79 Å². The molecule has 1 aromatic heterocycles. The highest BCUT2D eigenvalue weighted by Gasteiger charge is 2.14. The maximum atomic E-state index is 11.2. The van der Waals surface area contributed by atoms with Gasteiger partial charge in [-0.15, -0.1) is 11.3 Å². The van der Waals surface area contributed by atoms with Crippen molar-refractivity contribution in [3.05, 3.63) is 38.8 Å². The number of hydrogen-bond donors (Lipinski definition) is 1. The standard InChI is InChI=1S/C12H11BrN2OS/c1-6-3-4-8(13)5-9(6)12-15-7(2)10(17-12)11(14)16/h3-5H,1-2H3,(H2,14,16). The van der Waals surface area contributed by atoms with Crippen molar-refractivity contribution >= 4 is 33.2 Å². The van der Waals surface area contributed by atoms with Crippen molar-refractivity contribution in [2.75, 3.05) is 0 Å². The number of hydrogen-bond acceptors (Lipinski definition) is 3. The molecule has 5 heteroatoms. The largest absolute Gasteiger partial charge is 0.365 e. The van der Waals surface area contributed by atoms with Gasteiger partial charge in [0, 0.05) is 10.0 Å². The van der Waals surface area contributed by atoms with Gasteiger partial charge in [0.15, 0.2) is 0 Å². The molecule has 0 aliphatic heterocycles. The Balaban J connectivity index is 2.57. The van der Waals surface area contributed by atoms with E-state index in [0.717, 1.165) is 20.6 Å². The Hall–Kier alpha value is -1.20. The summed E-state index contributed by atoms with van der Waals surface area (Å²) < 4.78 is 0.992. The molecule has 2 rings (SSSR count). The van der Waals surface area contributed by atoms with Crippen molar-refractivity contribution in [1.29, 1.82) is 0 Å². The Bertz CT molecular complexity index is 592. The van der Waals surface area contributed by atoms with Crippen molar-refractivity contribution in [3.63, 3.8) is 0 Å². The van der Waals surface area contributed by atoms with Crippen LogP contribution in [0.3, 0.4) is 0 Å². The molecule has 0 bridgehead atoms. The van der Waals surface area contributed by atoms with E-state index in [1.807, 2.05) is 25.1 Å². The van der Waals surface area contributed by atoms with Crippen molar-refractivity contribution in [2.45, 2.75) is 13.8 Å². The number of rotatable bonds is 2. The molecule has 2 aromatic rings. The molecular formula is C12H11BrN2OS. The molecular weight excluding hydrogens is 300 g/mol. The fourth-order valence-corrected chi connectivity index (χ4v) is 2.93. The fraction of sp³-hybridized carbons (Fsp3) is 0.167. The minimum atomic E-state index is -0.418. The molecule has 0 radical (unpaired) electrons. The minimum Gasteiger partial charge on any atom is -0.365 e. The third kappa shape index (κ3) is 2.40. The third-order valence-electron chi connectivity index (χ3n) is 2.45. The lowest BCUT2D eigenvalue weighted by Crippen LogP contribution is -2.09. The lowest BCUT2D eigenvalue weighted by atomic mass is 10.1. The second-order valence-corrected chi connectivity index (χ2v) is 5.67. The molecule has 2 N–H and O–H groups in total. The summed E-state index contributed by atoms with van der Waals surface area (Å²) in [5.74, 6) is -0.418. The van der Waals surface area contributed by atoms with Crippen LogP contribution in [0, 0.1) is 13.8 Å². The predicted octanol–water partition coefficient (Wildman–Crippen LogP) is 3.29. The van der Waals surface area contributed by atoms with Gasteiger partial charge in [-0.1, -0.05) is 22.0 Å². The minimum absolute atomic E-state index is 0.418. The first kappa shape index (κ1) is 12.3. The maximum absolute atomic E-state index is 11.2. The molecule has 0 unspecified atom stereocenters. The fourth-order valence-electron chi connectivity index (χ4n) is 1.56. The zero-order valence-corrected chi connectivity index (χ0v) is 11.9. The molecule has 0 aliphatic rings. The highest BCUT2D eigenvalue weighted by Crippen LogP contribution is 2.31. The van der Waals surface area contributed by atoms with E-state index in [1.54, 1.807) is 6.92 Å². The Kier molecular flexibility index (Phi) is 3.31. The summed E-state index contributed by atoms with van der Waals surface area (Å²) in [6, 6.07) is 5.99. The van der Waals surface area contributed by atoms with Crippen LogP contribution in [0.2, 0.25) is 0 Å². The summed E-state index contributed by atoms with van der Waals surface area (Å²) in [6.07, 6.45) is 0. The quantitative estimate of drug-likeness (QED) is 0.925. The molecule has 0 aliphatic carbocycles. The van der Waals surface area contributed by atoms with Crippen LogP contribution in [0.4, 0.5) is 0 Å². The van der Waals surface area contributed by atoms with E-state index in [0.29, 0.717) is 10.6 Å². The van der Waals surface area contributed by atoms with Gasteiger partial charge in [0.05, 0.1) is 5.69 Å². The van der Waals surface area contributed by atoms with Gasteiger partial charge in [-0.3, -0.25) is 4.79 Å². The van der Waals surface area contributed by atoms with Crippen LogP contribution in [0.1, 0.15) is 20.9 Å². The number of halogens is 1. The van der Waals surface area contributed by atoms with Crippen LogP contribution >= 0.6 is 27.3 Å². The molecule has 0 fully saturated rings. The molecule has 1 aromatic carbocycles. The van der Waals surface area contributed by atoms with Crippen LogP contribution in [0.5, 0.6) is 0 Å². The Morgan fingerprint density at radius 1 is 1.41 bits per heavy atom. The average molecular weight is 311 g/mol. The number of amides is 1. The number of benzene rings is 1. The topological polar surface area (TPSA) is 56.0 Å². The Morgan fingerprint density at radius 2 is 2.12 bits per heavy atom. The Labute approximate surface area is 112 Å². The van der Waals surface area contributed by atoms with Crippen molar-refractivity contribution in [3.8, 4) is 10.6 Å². The number of nitrogens with two attached hydrogens (primary N) is 1. The number of primary amides is 1. The summed E-state index contributed by atoms with van der Waals surface area (Å²) in [6.45, 7) is 3.82. The van der Waals surface area contributed by atoms with Crippen LogP contribution < -0.4 is 5.73 Å².